The Morgan fingerprint density at radius 2 is 1.93 bits per heavy atom. The van der Waals surface area contributed by atoms with Gasteiger partial charge in [-0.25, -0.2) is 24.0 Å². The zero-order valence-electron chi connectivity index (χ0n) is 15.1. The van der Waals surface area contributed by atoms with Gasteiger partial charge >= 0.3 is 0 Å². The molecular weight excluding hydrogens is 415 g/mol. The number of carbonyl (C=O) groups is 1. The van der Waals surface area contributed by atoms with Crippen molar-refractivity contribution >= 4 is 46.1 Å². The smallest absolute Gasteiger partial charge is 0.238 e. The van der Waals surface area contributed by atoms with Crippen LogP contribution in [0.25, 0.3) is 16.7 Å². The van der Waals surface area contributed by atoms with Crippen molar-refractivity contribution < 1.29 is 9.18 Å². The third-order valence-corrected chi connectivity index (χ3v) is 5.38. The van der Waals surface area contributed by atoms with Gasteiger partial charge in [-0.2, -0.15) is 5.10 Å². The maximum atomic E-state index is 13.2. The summed E-state index contributed by atoms with van der Waals surface area (Å²) in [7, 11) is 0. The maximum Gasteiger partial charge on any atom is 0.238 e. The van der Waals surface area contributed by atoms with Gasteiger partial charge in [-0.1, -0.05) is 23.4 Å². The van der Waals surface area contributed by atoms with Crippen molar-refractivity contribution in [3.05, 3.63) is 66.0 Å². The lowest BCUT2D eigenvalue weighted by Crippen LogP contribution is -2.23. The van der Waals surface area contributed by atoms with E-state index in [1.54, 1.807) is 42.1 Å². The fourth-order valence-electron chi connectivity index (χ4n) is 2.59. The van der Waals surface area contributed by atoms with Crippen molar-refractivity contribution in [3.8, 4) is 5.69 Å². The number of pyridine rings is 1. The first-order valence-corrected chi connectivity index (χ1v) is 9.81. The van der Waals surface area contributed by atoms with Crippen molar-refractivity contribution in [2.45, 2.75) is 17.2 Å². The van der Waals surface area contributed by atoms with Crippen LogP contribution >= 0.6 is 23.4 Å². The summed E-state index contributed by atoms with van der Waals surface area (Å²) >= 11 is 7.09. The maximum absolute atomic E-state index is 13.2. The summed E-state index contributed by atoms with van der Waals surface area (Å²) in [6.07, 6.45) is 4.51. The molecule has 4 rings (SSSR count). The highest BCUT2D eigenvalue weighted by molar-refractivity contribution is 8.00. The lowest BCUT2D eigenvalue weighted by Gasteiger charge is -2.11. The molecule has 1 unspecified atom stereocenters. The van der Waals surface area contributed by atoms with Crippen LogP contribution in [0.4, 0.5) is 10.2 Å². The first-order chi connectivity index (χ1) is 14.0. The van der Waals surface area contributed by atoms with Crippen LogP contribution in [0, 0.1) is 5.82 Å². The summed E-state index contributed by atoms with van der Waals surface area (Å²) in [5.41, 5.74) is 1.25. The molecule has 7 nitrogen and oxygen atoms in total. The van der Waals surface area contributed by atoms with Gasteiger partial charge in [0.15, 0.2) is 5.65 Å². The highest BCUT2D eigenvalue weighted by atomic mass is 35.5. The van der Waals surface area contributed by atoms with Gasteiger partial charge in [0.1, 0.15) is 23.0 Å². The molecule has 0 aliphatic heterocycles. The zero-order chi connectivity index (χ0) is 20.4. The van der Waals surface area contributed by atoms with E-state index in [1.165, 1.54) is 36.4 Å². The molecule has 0 bridgehead atoms. The highest BCUT2D eigenvalue weighted by Gasteiger charge is 2.19. The average molecular weight is 429 g/mol. The number of halogens is 2. The number of amides is 1. The largest absolute Gasteiger partial charge is 0.310 e. The van der Waals surface area contributed by atoms with Gasteiger partial charge in [0, 0.05) is 6.20 Å². The average Bonchev–Trinajstić information content (AvgIpc) is 3.15. The molecular formula is C19H14ClFN6OS. The Hall–Kier alpha value is -3.04. The first-order valence-electron chi connectivity index (χ1n) is 8.55. The van der Waals surface area contributed by atoms with Gasteiger partial charge in [0.05, 0.1) is 27.5 Å². The lowest BCUT2D eigenvalue weighted by molar-refractivity contribution is -0.115. The van der Waals surface area contributed by atoms with E-state index >= 15 is 0 Å². The third-order valence-electron chi connectivity index (χ3n) is 4.04. The van der Waals surface area contributed by atoms with Crippen molar-refractivity contribution in [2.75, 3.05) is 5.32 Å². The fourth-order valence-corrected chi connectivity index (χ4v) is 3.58. The number of aromatic nitrogens is 5. The van der Waals surface area contributed by atoms with Crippen LogP contribution < -0.4 is 5.32 Å². The van der Waals surface area contributed by atoms with Crippen molar-refractivity contribution in [1.29, 1.82) is 0 Å². The summed E-state index contributed by atoms with van der Waals surface area (Å²) < 4.78 is 14.8. The summed E-state index contributed by atoms with van der Waals surface area (Å²) in [6, 6.07) is 9.23. The Balaban J connectivity index is 1.55. The second kappa shape index (κ2) is 8.14. The Labute approximate surface area is 174 Å². The molecule has 0 aliphatic carbocycles. The molecule has 0 spiro atoms. The number of benzene rings is 1. The van der Waals surface area contributed by atoms with E-state index in [0.29, 0.717) is 32.6 Å². The molecule has 1 atom stereocenters. The first kappa shape index (κ1) is 19.3. The normalized spacial score (nSPS) is 12.1. The van der Waals surface area contributed by atoms with Crippen molar-refractivity contribution in [3.63, 3.8) is 0 Å². The van der Waals surface area contributed by atoms with Gasteiger partial charge < -0.3 is 5.32 Å². The number of anilines is 1. The molecule has 1 amide bonds. The lowest BCUT2D eigenvalue weighted by atomic mass is 10.3. The van der Waals surface area contributed by atoms with E-state index in [0.717, 1.165) is 0 Å². The minimum Gasteiger partial charge on any atom is -0.310 e. The monoisotopic (exact) mass is 428 g/mol. The number of hydrogen-bond acceptors (Lipinski definition) is 6. The quantitative estimate of drug-likeness (QED) is 0.380. The number of carbonyl (C=O) groups excluding carboxylic acids is 1. The van der Waals surface area contributed by atoms with Crippen LogP contribution in [-0.4, -0.2) is 35.9 Å². The number of hydrogen-bond donors (Lipinski definition) is 1. The molecule has 3 aromatic heterocycles. The summed E-state index contributed by atoms with van der Waals surface area (Å²) in [5, 5.41) is 8.45. The molecule has 0 saturated carbocycles. The Morgan fingerprint density at radius 3 is 2.66 bits per heavy atom. The molecule has 0 saturated heterocycles. The molecule has 1 aromatic carbocycles. The number of nitrogens with one attached hydrogen (secondary N) is 1. The Kier molecular flexibility index (Phi) is 5.41. The van der Waals surface area contributed by atoms with Gasteiger partial charge in [-0.15, -0.1) is 0 Å². The number of thioether (sulfide) groups is 1. The summed E-state index contributed by atoms with van der Waals surface area (Å²) in [5.74, 6) is -0.127. The van der Waals surface area contributed by atoms with Gasteiger partial charge in [0.2, 0.25) is 5.91 Å². The van der Waals surface area contributed by atoms with Crippen LogP contribution in [0.15, 0.2) is 60.1 Å². The second-order valence-corrected chi connectivity index (χ2v) is 7.83. The highest BCUT2D eigenvalue weighted by Crippen LogP contribution is 2.29. The standard InChI is InChI=1S/C19H14ClFN6OS/c1-11(18(28)26-16-7-2-12(20)8-22-16)29-19-15-9-25-27(17(15)23-10-24-19)14-5-3-13(21)4-6-14/h2-11H,1H3,(H,22,26,28). The van der Waals surface area contributed by atoms with Crippen molar-refractivity contribution in [1.82, 2.24) is 24.7 Å². The minimum absolute atomic E-state index is 0.220. The van der Waals surface area contributed by atoms with Crippen molar-refractivity contribution in [2.24, 2.45) is 0 Å². The predicted molar refractivity (Wildman–Crippen MR) is 110 cm³/mol. The van der Waals surface area contributed by atoms with Crippen LogP contribution in [0.3, 0.4) is 0 Å². The molecule has 4 aromatic rings. The Bertz CT molecular complexity index is 1170. The predicted octanol–water partition coefficient (Wildman–Crippen LogP) is 4.12. The van der Waals surface area contributed by atoms with E-state index < -0.39 is 5.25 Å². The molecule has 29 heavy (non-hydrogen) atoms. The number of fused-ring (bicyclic) bond motifs is 1. The minimum atomic E-state index is -0.445. The van der Waals surface area contributed by atoms with E-state index in [1.807, 2.05) is 0 Å². The number of rotatable bonds is 5. The van der Waals surface area contributed by atoms with E-state index in [-0.39, 0.29) is 11.7 Å². The molecule has 0 radical (unpaired) electrons. The van der Waals surface area contributed by atoms with E-state index in [2.05, 4.69) is 25.4 Å². The topological polar surface area (TPSA) is 85.6 Å². The Morgan fingerprint density at radius 1 is 1.14 bits per heavy atom. The van der Waals surface area contributed by atoms with E-state index in [9.17, 15) is 9.18 Å². The SMILES string of the molecule is CC(Sc1ncnc2c1cnn2-c1ccc(F)cc1)C(=O)Nc1ccc(Cl)cn1. The van der Waals surface area contributed by atoms with Gasteiger partial charge in [-0.05, 0) is 43.3 Å². The summed E-state index contributed by atoms with van der Waals surface area (Å²) in [4.78, 5) is 25.1. The van der Waals surface area contributed by atoms with Crippen LogP contribution in [0.1, 0.15) is 6.92 Å². The number of nitrogens with zero attached hydrogens (tertiary/aromatic N) is 5. The molecule has 0 fully saturated rings. The van der Waals surface area contributed by atoms with Gasteiger partial charge in [0.25, 0.3) is 0 Å². The summed E-state index contributed by atoms with van der Waals surface area (Å²) in [6.45, 7) is 1.77. The van der Waals surface area contributed by atoms with Crippen LogP contribution in [0.2, 0.25) is 5.02 Å². The molecule has 0 aliphatic rings. The fraction of sp³-hybridized carbons (Fsp3) is 0.105. The van der Waals surface area contributed by atoms with Crippen LogP contribution in [-0.2, 0) is 4.79 Å². The molecule has 3 heterocycles. The van der Waals surface area contributed by atoms with Gasteiger partial charge in [-0.3, -0.25) is 4.79 Å². The zero-order valence-corrected chi connectivity index (χ0v) is 16.7. The molecule has 10 heteroatoms. The molecule has 1 N–H and O–H groups in total. The van der Waals surface area contributed by atoms with E-state index in [4.69, 9.17) is 11.6 Å². The second-order valence-electron chi connectivity index (χ2n) is 6.06. The molecule has 146 valence electrons. The van der Waals surface area contributed by atoms with Crippen LogP contribution in [0.5, 0.6) is 0 Å². The third kappa shape index (κ3) is 4.20.